The van der Waals surface area contributed by atoms with Crippen molar-refractivity contribution in [2.45, 2.75) is 29.9 Å². The standard InChI is InChI=1S/C16H15N3S2/c17-15-13-6-7-20-16(13)19-14(18-15)9-21-12-5-4-10-2-1-3-11(10)8-12/h4-8H,1-3,9H2,(H2,17,18,19). The molecule has 0 amide bonds. The Morgan fingerprint density at radius 3 is 3.00 bits per heavy atom. The molecule has 4 rings (SSSR count). The van der Waals surface area contributed by atoms with Crippen LogP contribution in [-0.2, 0) is 18.6 Å². The van der Waals surface area contributed by atoms with E-state index in [9.17, 15) is 0 Å². The number of nitrogen functional groups attached to an aromatic ring is 1. The van der Waals surface area contributed by atoms with Gasteiger partial charge in [0.1, 0.15) is 16.5 Å². The second-order valence-electron chi connectivity index (χ2n) is 5.24. The second kappa shape index (κ2) is 5.31. The Morgan fingerprint density at radius 2 is 2.05 bits per heavy atom. The summed E-state index contributed by atoms with van der Waals surface area (Å²) in [7, 11) is 0. The zero-order valence-electron chi connectivity index (χ0n) is 11.5. The summed E-state index contributed by atoms with van der Waals surface area (Å²) in [5, 5.41) is 2.97. The molecular formula is C16H15N3S2. The number of fused-ring (bicyclic) bond motifs is 2. The summed E-state index contributed by atoms with van der Waals surface area (Å²) in [6.45, 7) is 0. The summed E-state index contributed by atoms with van der Waals surface area (Å²) in [4.78, 5) is 11.3. The molecule has 0 aliphatic heterocycles. The van der Waals surface area contributed by atoms with E-state index in [0.717, 1.165) is 21.8 Å². The van der Waals surface area contributed by atoms with Crippen LogP contribution in [0.4, 0.5) is 5.82 Å². The summed E-state index contributed by atoms with van der Waals surface area (Å²) >= 11 is 3.40. The molecule has 1 aromatic carbocycles. The highest BCUT2D eigenvalue weighted by Crippen LogP contribution is 2.30. The van der Waals surface area contributed by atoms with Crippen molar-refractivity contribution in [2.24, 2.45) is 0 Å². The highest BCUT2D eigenvalue weighted by Gasteiger charge is 2.12. The summed E-state index contributed by atoms with van der Waals surface area (Å²) in [6.07, 6.45) is 3.74. The molecule has 21 heavy (non-hydrogen) atoms. The SMILES string of the molecule is Nc1nc(CSc2ccc3c(c2)CCC3)nc2sccc12. The van der Waals surface area contributed by atoms with Crippen molar-refractivity contribution in [1.29, 1.82) is 0 Å². The van der Waals surface area contributed by atoms with Crippen LogP contribution in [0.15, 0.2) is 34.5 Å². The molecule has 0 saturated carbocycles. The van der Waals surface area contributed by atoms with Crippen molar-refractivity contribution in [3.8, 4) is 0 Å². The van der Waals surface area contributed by atoms with Crippen LogP contribution in [0.5, 0.6) is 0 Å². The fourth-order valence-corrected chi connectivity index (χ4v) is 4.38. The lowest BCUT2D eigenvalue weighted by Gasteiger charge is -2.05. The van der Waals surface area contributed by atoms with E-state index in [2.05, 4.69) is 28.2 Å². The molecule has 2 heterocycles. The lowest BCUT2D eigenvalue weighted by Crippen LogP contribution is -1.98. The summed E-state index contributed by atoms with van der Waals surface area (Å²) in [6, 6.07) is 8.77. The van der Waals surface area contributed by atoms with Gasteiger partial charge in [-0.15, -0.1) is 23.1 Å². The van der Waals surface area contributed by atoms with Gasteiger partial charge < -0.3 is 5.73 Å². The van der Waals surface area contributed by atoms with Gasteiger partial charge in [-0.25, -0.2) is 9.97 Å². The molecule has 0 fully saturated rings. The van der Waals surface area contributed by atoms with Gasteiger partial charge in [0.2, 0.25) is 0 Å². The van der Waals surface area contributed by atoms with Gasteiger partial charge in [0, 0.05) is 4.90 Å². The Kier molecular flexibility index (Phi) is 3.31. The Bertz CT molecular complexity index is 810. The van der Waals surface area contributed by atoms with Gasteiger partial charge in [-0.05, 0) is 54.0 Å². The van der Waals surface area contributed by atoms with Crippen LogP contribution in [-0.4, -0.2) is 9.97 Å². The van der Waals surface area contributed by atoms with Crippen molar-refractivity contribution >= 4 is 39.1 Å². The third kappa shape index (κ3) is 2.51. The average Bonchev–Trinajstić information content (AvgIpc) is 3.13. The van der Waals surface area contributed by atoms with Gasteiger partial charge in [0.05, 0.1) is 11.1 Å². The third-order valence-corrected chi connectivity index (χ3v) is 5.64. The number of benzene rings is 1. The minimum absolute atomic E-state index is 0.589. The van der Waals surface area contributed by atoms with Gasteiger partial charge in [0.25, 0.3) is 0 Å². The minimum Gasteiger partial charge on any atom is -0.383 e. The normalized spacial score (nSPS) is 13.7. The van der Waals surface area contributed by atoms with E-state index in [-0.39, 0.29) is 0 Å². The van der Waals surface area contributed by atoms with Crippen LogP contribution in [0.25, 0.3) is 10.2 Å². The summed E-state index contributed by atoms with van der Waals surface area (Å²) in [5.74, 6) is 2.16. The van der Waals surface area contributed by atoms with Gasteiger partial charge in [0.15, 0.2) is 0 Å². The second-order valence-corrected chi connectivity index (χ2v) is 7.18. The summed E-state index contributed by atoms with van der Waals surface area (Å²) < 4.78 is 0. The monoisotopic (exact) mass is 313 g/mol. The molecular weight excluding hydrogens is 298 g/mol. The predicted octanol–water partition coefficient (Wildman–Crippen LogP) is 4.05. The number of nitrogens with zero attached hydrogens (tertiary/aromatic N) is 2. The lowest BCUT2D eigenvalue weighted by molar-refractivity contribution is 0.911. The first-order chi connectivity index (χ1) is 10.3. The predicted molar refractivity (Wildman–Crippen MR) is 89.9 cm³/mol. The van der Waals surface area contributed by atoms with E-state index >= 15 is 0 Å². The number of hydrogen-bond acceptors (Lipinski definition) is 5. The number of rotatable bonds is 3. The molecule has 106 valence electrons. The minimum atomic E-state index is 0.589. The topological polar surface area (TPSA) is 51.8 Å². The van der Waals surface area contributed by atoms with Gasteiger partial charge in [-0.1, -0.05) is 6.07 Å². The third-order valence-electron chi connectivity index (χ3n) is 3.84. The first kappa shape index (κ1) is 13.1. The van der Waals surface area contributed by atoms with Crippen molar-refractivity contribution in [3.05, 3.63) is 46.6 Å². The molecule has 3 nitrogen and oxygen atoms in total. The number of aromatic nitrogens is 2. The van der Waals surface area contributed by atoms with Crippen LogP contribution in [0.3, 0.4) is 0 Å². The first-order valence-corrected chi connectivity index (χ1v) is 8.90. The van der Waals surface area contributed by atoms with E-state index in [0.29, 0.717) is 5.82 Å². The fourth-order valence-electron chi connectivity index (χ4n) is 2.77. The molecule has 1 aliphatic carbocycles. The Labute approximate surface area is 131 Å². The van der Waals surface area contributed by atoms with E-state index in [1.165, 1.54) is 35.3 Å². The molecule has 0 atom stereocenters. The summed E-state index contributed by atoms with van der Waals surface area (Å²) in [5.41, 5.74) is 9.01. The number of thiophene rings is 1. The molecule has 2 N–H and O–H groups in total. The number of thioether (sulfide) groups is 1. The number of anilines is 1. The molecule has 1 aliphatic rings. The molecule has 0 unspecified atom stereocenters. The van der Waals surface area contributed by atoms with Gasteiger partial charge in [-0.2, -0.15) is 0 Å². The number of aryl methyl sites for hydroxylation is 2. The van der Waals surface area contributed by atoms with Crippen LogP contribution < -0.4 is 5.73 Å². The number of nitrogens with two attached hydrogens (primary N) is 1. The molecule has 3 aromatic rings. The van der Waals surface area contributed by atoms with Gasteiger partial charge in [-0.3, -0.25) is 0 Å². The number of hydrogen-bond donors (Lipinski definition) is 1. The van der Waals surface area contributed by atoms with Crippen LogP contribution >= 0.6 is 23.1 Å². The first-order valence-electron chi connectivity index (χ1n) is 7.04. The smallest absolute Gasteiger partial charge is 0.142 e. The maximum Gasteiger partial charge on any atom is 0.142 e. The van der Waals surface area contributed by atoms with Crippen LogP contribution in [0.1, 0.15) is 23.4 Å². The zero-order chi connectivity index (χ0) is 14.2. The fraction of sp³-hybridized carbons (Fsp3) is 0.250. The quantitative estimate of drug-likeness (QED) is 0.741. The maximum absolute atomic E-state index is 5.99. The Hall–Kier alpha value is -1.59. The van der Waals surface area contributed by atoms with E-state index < -0.39 is 0 Å². The van der Waals surface area contributed by atoms with Crippen LogP contribution in [0, 0.1) is 0 Å². The van der Waals surface area contributed by atoms with Crippen molar-refractivity contribution in [2.75, 3.05) is 5.73 Å². The molecule has 5 heteroatoms. The largest absolute Gasteiger partial charge is 0.383 e. The average molecular weight is 313 g/mol. The molecule has 0 bridgehead atoms. The van der Waals surface area contributed by atoms with E-state index in [1.54, 1.807) is 23.1 Å². The van der Waals surface area contributed by atoms with E-state index in [4.69, 9.17) is 5.73 Å². The highest BCUT2D eigenvalue weighted by molar-refractivity contribution is 7.98. The lowest BCUT2D eigenvalue weighted by atomic mass is 10.1. The van der Waals surface area contributed by atoms with Gasteiger partial charge >= 0.3 is 0 Å². The van der Waals surface area contributed by atoms with Crippen LogP contribution in [0.2, 0.25) is 0 Å². The highest BCUT2D eigenvalue weighted by atomic mass is 32.2. The van der Waals surface area contributed by atoms with Crippen molar-refractivity contribution in [3.63, 3.8) is 0 Å². The molecule has 0 saturated heterocycles. The molecule has 0 spiro atoms. The van der Waals surface area contributed by atoms with Crippen molar-refractivity contribution < 1.29 is 0 Å². The maximum atomic E-state index is 5.99. The van der Waals surface area contributed by atoms with E-state index in [1.807, 2.05) is 11.4 Å². The Balaban J connectivity index is 1.55. The Morgan fingerprint density at radius 1 is 1.14 bits per heavy atom. The molecule has 2 aromatic heterocycles. The van der Waals surface area contributed by atoms with Crippen molar-refractivity contribution in [1.82, 2.24) is 9.97 Å². The zero-order valence-corrected chi connectivity index (χ0v) is 13.1. The molecule has 0 radical (unpaired) electrons.